The number of benzene rings is 2. The highest BCUT2D eigenvalue weighted by Crippen LogP contribution is 2.55. The number of pyridine rings is 1. The fourth-order valence-electron chi connectivity index (χ4n) is 3.89. The number of ether oxygens (including phenoxy) is 2. The van der Waals surface area contributed by atoms with E-state index in [2.05, 4.69) is 5.32 Å². The average molecular weight is 589 g/mol. The molecule has 1 aromatic heterocycles. The molecule has 1 N–H and O–H groups in total. The lowest BCUT2D eigenvalue weighted by molar-refractivity contribution is 0.0775. The van der Waals surface area contributed by atoms with Gasteiger partial charge in [0.25, 0.3) is 11.5 Å². The molecule has 1 heterocycles. The van der Waals surface area contributed by atoms with E-state index in [1.807, 2.05) is 27.7 Å². The maximum Gasteiger partial charge on any atom is 0.333 e. The van der Waals surface area contributed by atoms with E-state index < -0.39 is 30.5 Å². The van der Waals surface area contributed by atoms with E-state index in [-0.39, 0.29) is 46.8 Å². The SMILES string of the molecule is COc1cc(F)ccc1Oc1cc(C)ccc1C(=O)Nc1ccn(COP(=O)(CC(C)(C)C)OC(C)(C)C)c(=O)c1. The van der Waals surface area contributed by atoms with Crippen LogP contribution in [0.1, 0.15) is 57.5 Å². The lowest BCUT2D eigenvalue weighted by Crippen LogP contribution is -2.25. The van der Waals surface area contributed by atoms with Gasteiger partial charge in [0.1, 0.15) is 18.3 Å². The zero-order valence-electron chi connectivity index (χ0n) is 24.7. The molecule has 222 valence electrons. The van der Waals surface area contributed by atoms with Gasteiger partial charge < -0.3 is 19.3 Å². The predicted octanol–water partition coefficient (Wildman–Crippen LogP) is 7.38. The first-order chi connectivity index (χ1) is 19.0. The van der Waals surface area contributed by atoms with E-state index >= 15 is 0 Å². The van der Waals surface area contributed by atoms with Crippen molar-refractivity contribution in [3.05, 3.63) is 82.0 Å². The molecule has 3 rings (SSSR count). The van der Waals surface area contributed by atoms with Crippen molar-refractivity contribution in [1.82, 2.24) is 4.57 Å². The summed E-state index contributed by atoms with van der Waals surface area (Å²) in [6.07, 6.45) is 1.61. The molecule has 0 spiro atoms. The van der Waals surface area contributed by atoms with Gasteiger partial charge >= 0.3 is 7.60 Å². The number of carbonyl (C=O) groups excluding carboxylic acids is 1. The van der Waals surface area contributed by atoms with Crippen LogP contribution in [0, 0.1) is 18.2 Å². The van der Waals surface area contributed by atoms with Crippen molar-refractivity contribution >= 4 is 19.2 Å². The maximum atomic E-state index is 13.6. The number of amides is 1. The minimum Gasteiger partial charge on any atom is -0.493 e. The zero-order chi connectivity index (χ0) is 30.6. The molecule has 1 atom stereocenters. The van der Waals surface area contributed by atoms with Crippen LogP contribution in [0.25, 0.3) is 0 Å². The van der Waals surface area contributed by atoms with E-state index in [0.717, 1.165) is 5.56 Å². The minimum absolute atomic E-state index is 0.170. The van der Waals surface area contributed by atoms with Crippen molar-refractivity contribution < 1.29 is 32.3 Å². The van der Waals surface area contributed by atoms with Crippen LogP contribution in [0.3, 0.4) is 0 Å². The van der Waals surface area contributed by atoms with E-state index in [0.29, 0.717) is 0 Å². The van der Waals surface area contributed by atoms with Gasteiger partial charge in [-0.3, -0.25) is 23.2 Å². The van der Waals surface area contributed by atoms with E-state index in [9.17, 15) is 18.5 Å². The second-order valence-corrected chi connectivity index (χ2v) is 13.8. The van der Waals surface area contributed by atoms with Crippen molar-refractivity contribution in [3.8, 4) is 17.2 Å². The first kappa shape index (κ1) is 32.1. The molecular weight excluding hydrogens is 550 g/mol. The smallest absolute Gasteiger partial charge is 0.333 e. The van der Waals surface area contributed by atoms with E-state index in [1.165, 1.54) is 48.2 Å². The zero-order valence-corrected chi connectivity index (χ0v) is 25.6. The molecule has 0 fully saturated rings. The minimum atomic E-state index is -3.54. The number of nitrogens with zero attached hydrogens (tertiary/aromatic N) is 1. The number of nitrogens with one attached hydrogen (secondary N) is 1. The van der Waals surface area contributed by atoms with Crippen molar-refractivity contribution in [3.63, 3.8) is 0 Å². The van der Waals surface area contributed by atoms with Gasteiger partial charge in [0, 0.05) is 24.0 Å². The standard InChI is InChI=1S/C30H38FN2O7P/c1-20-9-11-23(25(15-20)39-24-12-10-21(31)16-26(24)37-8)28(35)32-22-13-14-33(27(34)17-22)19-38-41(36,18-29(2,3)4)40-30(5,6)7/h9-17H,18-19H2,1-8H3,(H,32,35). The lowest BCUT2D eigenvalue weighted by Gasteiger charge is -2.31. The lowest BCUT2D eigenvalue weighted by atomic mass is 10.0. The molecule has 0 aliphatic rings. The fourth-order valence-corrected chi connectivity index (χ4v) is 6.39. The molecule has 0 aliphatic heterocycles. The molecule has 41 heavy (non-hydrogen) atoms. The quantitative estimate of drug-likeness (QED) is 0.247. The highest BCUT2D eigenvalue weighted by Gasteiger charge is 2.35. The summed E-state index contributed by atoms with van der Waals surface area (Å²) in [5.41, 5.74) is -0.250. The van der Waals surface area contributed by atoms with Crippen LogP contribution >= 0.6 is 7.60 Å². The van der Waals surface area contributed by atoms with Gasteiger partial charge in [-0.05, 0) is 69.0 Å². The van der Waals surface area contributed by atoms with Crippen LogP contribution in [0.15, 0.2) is 59.5 Å². The Bertz CT molecular complexity index is 1490. The second kappa shape index (κ2) is 12.6. The van der Waals surface area contributed by atoms with Crippen molar-refractivity contribution in [2.75, 3.05) is 18.6 Å². The summed E-state index contributed by atoms with van der Waals surface area (Å²) in [5, 5.41) is 2.70. The molecule has 1 amide bonds. The van der Waals surface area contributed by atoms with E-state index in [1.54, 1.807) is 39.0 Å². The van der Waals surface area contributed by atoms with Crippen molar-refractivity contribution in [2.24, 2.45) is 5.41 Å². The van der Waals surface area contributed by atoms with Gasteiger partial charge in [0.05, 0.1) is 24.4 Å². The summed E-state index contributed by atoms with van der Waals surface area (Å²) in [6.45, 7) is 12.7. The normalized spacial score (nSPS) is 13.4. The molecule has 9 nitrogen and oxygen atoms in total. The molecule has 3 aromatic rings. The number of halogens is 1. The molecule has 0 saturated heterocycles. The first-order valence-corrected chi connectivity index (χ1v) is 14.8. The number of anilines is 1. The van der Waals surface area contributed by atoms with Gasteiger partial charge in [0.15, 0.2) is 11.5 Å². The number of hydrogen-bond donors (Lipinski definition) is 1. The Balaban J connectivity index is 1.78. The number of aromatic nitrogens is 1. The summed E-state index contributed by atoms with van der Waals surface area (Å²) in [7, 11) is -2.15. The molecular formula is C30H38FN2O7P. The first-order valence-electron chi connectivity index (χ1n) is 13.1. The highest BCUT2D eigenvalue weighted by atomic mass is 31.2. The third-order valence-electron chi connectivity index (χ3n) is 5.46. The maximum absolute atomic E-state index is 13.6. The Hall–Kier alpha value is -3.46. The topological polar surface area (TPSA) is 105 Å². The average Bonchev–Trinajstić information content (AvgIpc) is 2.82. The molecule has 0 aliphatic carbocycles. The number of methoxy groups -OCH3 is 1. The van der Waals surface area contributed by atoms with Gasteiger partial charge in [-0.1, -0.05) is 26.8 Å². The van der Waals surface area contributed by atoms with Crippen LogP contribution in [0.2, 0.25) is 0 Å². The summed E-state index contributed by atoms with van der Waals surface area (Å²) >= 11 is 0. The number of carbonyl (C=O) groups is 1. The van der Waals surface area contributed by atoms with E-state index in [4.69, 9.17) is 18.5 Å². The molecule has 11 heteroatoms. The Labute approximate surface area is 240 Å². The molecule has 2 aromatic carbocycles. The number of rotatable bonds is 10. The fraction of sp³-hybridized carbons (Fsp3) is 0.400. The monoisotopic (exact) mass is 588 g/mol. The molecule has 0 radical (unpaired) electrons. The Morgan fingerprint density at radius 2 is 1.68 bits per heavy atom. The van der Waals surface area contributed by atoms with Gasteiger partial charge in [-0.2, -0.15) is 0 Å². The highest BCUT2D eigenvalue weighted by molar-refractivity contribution is 7.53. The molecule has 0 bridgehead atoms. The largest absolute Gasteiger partial charge is 0.493 e. The van der Waals surface area contributed by atoms with Gasteiger partial charge in [0.2, 0.25) is 0 Å². The van der Waals surface area contributed by atoms with Crippen LogP contribution in [-0.4, -0.2) is 29.3 Å². The predicted molar refractivity (Wildman–Crippen MR) is 157 cm³/mol. The van der Waals surface area contributed by atoms with Crippen LogP contribution in [-0.2, 0) is 20.3 Å². The van der Waals surface area contributed by atoms with Crippen LogP contribution < -0.4 is 20.3 Å². The summed E-state index contributed by atoms with van der Waals surface area (Å²) in [6, 6.07) is 11.6. The van der Waals surface area contributed by atoms with Crippen LogP contribution in [0.4, 0.5) is 10.1 Å². The molecule has 1 unspecified atom stereocenters. The summed E-state index contributed by atoms with van der Waals surface area (Å²) in [4.78, 5) is 26.0. The second-order valence-electron chi connectivity index (χ2n) is 11.9. The van der Waals surface area contributed by atoms with Crippen molar-refractivity contribution in [2.45, 2.75) is 60.8 Å². The number of hydrogen-bond acceptors (Lipinski definition) is 7. The Morgan fingerprint density at radius 1 is 0.976 bits per heavy atom. The third-order valence-corrected chi connectivity index (χ3v) is 8.13. The Morgan fingerprint density at radius 3 is 2.29 bits per heavy atom. The summed E-state index contributed by atoms with van der Waals surface area (Å²) < 4.78 is 51.0. The summed E-state index contributed by atoms with van der Waals surface area (Å²) in [5.74, 6) is -0.389. The molecule has 0 saturated carbocycles. The van der Waals surface area contributed by atoms with Gasteiger partial charge in [-0.15, -0.1) is 0 Å². The Kier molecular flexibility index (Phi) is 9.85. The van der Waals surface area contributed by atoms with Gasteiger partial charge in [-0.25, -0.2) is 4.39 Å². The third kappa shape index (κ3) is 9.56. The van der Waals surface area contributed by atoms with Crippen LogP contribution in [0.5, 0.6) is 17.2 Å². The number of aryl methyl sites for hydroxylation is 1. The van der Waals surface area contributed by atoms with Crippen molar-refractivity contribution in [1.29, 1.82) is 0 Å².